The van der Waals surface area contributed by atoms with Crippen molar-refractivity contribution in [3.8, 4) is 11.5 Å². The lowest BCUT2D eigenvalue weighted by atomic mass is 10.1. The van der Waals surface area contributed by atoms with Gasteiger partial charge in [0.2, 0.25) is 0 Å². The lowest BCUT2D eigenvalue weighted by Gasteiger charge is -2.11. The topological polar surface area (TPSA) is 84.9 Å². The predicted octanol–water partition coefficient (Wildman–Crippen LogP) is 5.18. The highest BCUT2D eigenvalue weighted by atomic mass is 35.5. The highest BCUT2D eigenvalue weighted by Gasteiger charge is 2.21. The van der Waals surface area contributed by atoms with E-state index in [9.17, 15) is 14.7 Å². The summed E-state index contributed by atoms with van der Waals surface area (Å²) in [7, 11) is 2.88. The van der Waals surface area contributed by atoms with Crippen LogP contribution in [0.15, 0.2) is 30.3 Å². The number of ether oxygens (including phenoxy) is 2. The van der Waals surface area contributed by atoms with Crippen LogP contribution in [0.4, 0.5) is 5.69 Å². The number of hydrogen-bond donors (Lipinski definition) is 2. The third-order valence-corrected chi connectivity index (χ3v) is 5.80. The number of benzene rings is 2. The van der Waals surface area contributed by atoms with Crippen LogP contribution in [0.1, 0.15) is 20.0 Å². The fraction of sp³-hybridized carbons (Fsp3) is 0.111. The molecule has 0 spiro atoms. The Balaban J connectivity index is 1.97. The molecule has 27 heavy (non-hydrogen) atoms. The summed E-state index contributed by atoms with van der Waals surface area (Å²) in [6.45, 7) is 0. The molecule has 0 radical (unpaired) electrons. The third kappa shape index (κ3) is 3.66. The molecule has 3 aromatic rings. The van der Waals surface area contributed by atoms with E-state index in [0.29, 0.717) is 21.0 Å². The number of thiophene rings is 1. The zero-order chi connectivity index (χ0) is 19.7. The summed E-state index contributed by atoms with van der Waals surface area (Å²) in [5.41, 5.74) is 0.113. The van der Waals surface area contributed by atoms with Crippen molar-refractivity contribution in [3.63, 3.8) is 0 Å². The Hall–Kier alpha value is -2.48. The molecule has 0 atom stereocenters. The average molecular weight is 426 g/mol. The second-order valence-electron chi connectivity index (χ2n) is 5.40. The van der Waals surface area contributed by atoms with Gasteiger partial charge in [0, 0.05) is 16.2 Å². The Kier molecular flexibility index (Phi) is 5.46. The van der Waals surface area contributed by atoms with E-state index in [4.69, 9.17) is 32.7 Å². The van der Waals surface area contributed by atoms with E-state index in [2.05, 4.69) is 5.32 Å². The number of carbonyl (C=O) groups is 2. The van der Waals surface area contributed by atoms with Crippen molar-refractivity contribution >= 4 is 62.2 Å². The maximum atomic E-state index is 12.7. The van der Waals surface area contributed by atoms with Crippen molar-refractivity contribution in [2.45, 2.75) is 0 Å². The summed E-state index contributed by atoms with van der Waals surface area (Å²) in [6.07, 6.45) is 0. The fourth-order valence-electron chi connectivity index (χ4n) is 2.48. The van der Waals surface area contributed by atoms with Gasteiger partial charge >= 0.3 is 5.97 Å². The molecule has 140 valence electrons. The van der Waals surface area contributed by atoms with Gasteiger partial charge in [-0.05, 0) is 24.3 Å². The lowest BCUT2D eigenvalue weighted by molar-refractivity contribution is 0.0693. The van der Waals surface area contributed by atoms with E-state index in [1.807, 2.05) is 6.07 Å². The lowest BCUT2D eigenvalue weighted by Crippen LogP contribution is -2.12. The molecule has 2 N–H and O–H groups in total. The molecular weight excluding hydrogens is 413 g/mol. The first kappa shape index (κ1) is 19.3. The van der Waals surface area contributed by atoms with Gasteiger partial charge in [0.15, 0.2) is 0 Å². The molecular formula is C18H13Cl2NO5S. The summed E-state index contributed by atoms with van der Waals surface area (Å²) < 4.78 is 11.1. The number of fused-ring (bicyclic) bond motifs is 1. The minimum Gasteiger partial charge on any atom is -0.497 e. The minimum atomic E-state index is -1.19. The summed E-state index contributed by atoms with van der Waals surface area (Å²) in [4.78, 5) is 24.2. The van der Waals surface area contributed by atoms with Gasteiger partial charge in [-0.25, -0.2) is 4.79 Å². The van der Waals surface area contributed by atoms with Crippen LogP contribution < -0.4 is 14.8 Å². The smallest absolute Gasteiger partial charge is 0.339 e. The predicted molar refractivity (Wildman–Crippen MR) is 106 cm³/mol. The number of aromatic carboxylic acids is 1. The summed E-state index contributed by atoms with van der Waals surface area (Å²) in [6, 6.07) is 7.93. The number of amides is 1. The maximum absolute atomic E-state index is 12.7. The van der Waals surface area contributed by atoms with Crippen LogP contribution in [-0.4, -0.2) is 31.2 Å². The molecule has 1 amide bonds. The molecule has 0 fully saturated rings. The van der Waals surface area contributed by atoms with Crippen LogP contribution in [0, 0.1) is 0 Å². The molecule has 0 aliphatic rings. The van der Waals surface area contributed by atoms with Gasteiger partial charge in [-0.2, -0.15) is 0 Å². The SMILES string of the molecule is COc1ccc2sc(C(=O)Nc3cc(OC)c(C(=O)O)cc3Cl)c(Cl)c2c1. The standard InChI is InChI=1S/C18H13Cl2NO5S/c1-25-8-3-4-14-10(5-8)15(20)16(27-14)17(22)21-12-7-13(26-2)9(18(23)24)6-11(12)19/h3-7H,1-2H3,(H,21,22)(H,23,24). The van der Waals surface area contributed by atoms with Gasteiger partial charge in [-0.1, -0.05) is 23.2 Å². The van der Waals surface area contributed by atoms with E-state index in [1.165, 1.54) is 30.6 Å². The molecule has 0 aliphatic heterocycles. The quantitative estimate of drug-likeness (QED) is 0.588. The molecule has 0 saturated carbocycles. The van der Waals surface area contributed by atoms with Gasteiger partial charge in [0.1, 0.15) is 21.9 Å². The molecule has 1 heterocycles. The number of carbonyl (C=O) groups excluding carboxylic acids is 1. The van der Waals surface area contributed by atoms with Crippen molar-refractivity contribution in [2.75, 3.05) is 19.5 Å². The number of rotatable bonds is 5. The van der Waals surface area contributed by atoms with Crippen LogP contribution in [0.2, 0.25) is 10.0 Å². The zero-order valence-electron chi connectivity index (χ0n) is 14.1. The molecule has 0 unspecified atom stereocenters. The fourth-order valence-corrected chi connectivity index (χ4v) is 4.08. The first-order chi connectivity index (χ1) is 12.8. The van der Waals surface area contributed by atoms with Crippen molar-refractivity contribution in [1.82, 2.24) is 0 Å². The van der Waals surface area contributed by atoms with Crippen LogP contribution in [0.25, 0.3) is 10.1 Å². The maximum Gasteiger partial charge on any atom is 0.339 e. The number of anilines is 1. The molecule has 9 heteroatoms. The molecule has 1 aromatic heterocycles. The van der Waals surface area contributed by atoms with E-state index >= 15 is 0 Å². The largest absolute Gasteiger partial charge is 0.497 e. The van der Waals surface area contributed by atoms with Crippen molar-refractivity contribution in [1.29, 1.82) is 0 Å². The Labute approximate surface area is 168 Å². The van der Waals surface area contributed by atoms with Crippen molar-refractivity contribution in [3.05, 3.63) is 50.8 Å². The summed E-state index contributed by atoms with van der Waals surface area (Å²) >= 11 is 13.7. The Morgan fingerprint density at radius 3 is 2.48 bits per heavy atom. The Morgan fingerprint density at radius 2 is 1.85 bits per heavy atom. The van der Waals surface area contributed by atoms with Crippen molar-refractivity contribution < 1.29 is 24.2 Å². The zero-order valence-corrected chi connectivity index (χ0v) is 16.5. The van der Waals surface area contributed by atoms with Gasteiger partial charge in [-0.15, -0.1) is 11.3 Å². The van der Waals surface area contributed by atoms with Gasteiger partial charge in [-0.3, -0.25) is 4.79 Å². The van der Waals surface area contributed by atoms with Gasteiger partial charge < -0.3 is 19.9 Å². The second kappa shape index (κ2) is 7.64. The van der Waals surface area contributed by atoms with Crippen LogP contribution >= 0.6 is 34.5 Å². The Morgan fingerprint density at radius 1 is 1.11 bits per heavy atom. The van der Waals surface area contributed by atoms with E-state index in [-0.39, 0.29) is 22.0 Å². The first-order valence-corrected chi connectivity index (χ1v) is 9.11. The summed E-state index contributed by atoms with van der Waals surface area (Å²) in [5.74, 6) is -0.944. The highest BCUT2D eigenvalue weighted by Crippen LogP contribution is 2.38. The van der Waals surface area contributed by atoms with E-state index in [1.54, 1.807) is 19.2 Å². The van der Waals surface area contributed by atoms with Crippen LogP contribution in [0.3, 0.4) is 0 Å². The average Bonchev–Trinajstić information content (AvgIpc) is 2.99. The summed E-state index contributed by atoms with van der Waals surface area (Å²) in [5, 5.41) is 12.9. The van der Waals surface area contributed by atoms with E-state index < -0.39 is 11.9 Å². The minimum absolute atomic E-state index is 0.0699. The first-order valence-electron chi connectivity index (χ1n) is 7.54. The van der Waals surface area contributed by atoms with Crippen molar-refractivity contribution in [2.24, 2.45) is 0 Å². The highest BCUT2D eigenvalue weighted by molar-refractivity contribution is 7.21. The number of carboxylic acids is 1. The number of methoxy groups -OCH3 is 2. The van der Waals surface area contributed by atoms with Crippen LogP contribution in [-0.2, 0) is 0 Å². The second-order valence-corrected chi connectivity index (χ2v) is 7.24. The van der Waals surface area contributed by atoms with E-state index in [0.717, 1.165) is 4.70 Å². The molecule has 6 nitrogen and oxygen atoms in total. The molecule has 3 rings (SSSR count). The Bertz CT molecular complexity index is 1060. The number of hydrogen-bond acceptors (Lipinski definition) is 5. The number of carboxylic acid groups (broad SMARTS) is 1. The molecule has 2 aromatic carbocycles. The van der Waals surface area contributed by atoms with Gasteiger partial charge in [0.25, 0.3) is 5.91 Å². The third-order valence-electron chi connectivity index (χ3n) is 3.81. The molecule has 0 aliphatic carbocycles. The normalized spacial score (nSPS) is 10.7. The van der Waals surface area contributed by atoms with Crippen LogP contribution in [0.5, 0.6) is 11.5 Å². The number of halogens is 2. The number of nitrogens with one attached hydrogen (secondary N) is 1. The van der Waals surface area contributed by atoms with Gasteiger partial charge in [0.05, 0.1) is 30.0 Å². The molecule has 0 saturated heterocycles. The molecule has 0 bridgehead atoms. The monoisotopic (exact) mass is 425 g/mol.